The Morgan fingerprint density at radius 3 is 2.68 bits per heavy atom. The van der Waals surface area contributed by atoms with Gasteiger partial charge in [-0.3, -0.25) is 0 Å². The maximum atomic E-state index is 5.20. The molecule has 3 heterocycles. The van der Waals surface area contributed by atoms with Gasteiger partial charge in [-0.1, -0.05) is 11.8 Å². The predicted octanol–water partition coefficient (Wildman–Crippen LogP) is 3.86. The first-order valence-corrected chi connectivity index (χ1v) is 9.50. The number of thiazole rings is 1. The molecule has 0 saturated carbocycles. The van der Waals surface area contributed by atoms with Crippen molar-refractivity contribution < 1.29 is 4.74 Å². The number of benzene rings is 1. The molecule has 0 aliphatic rings. The number of methoxy groups -OCH3 is 1. The first kappa shape index (κ1) is 16.0. The van der Waals surface area contributed by atoms with E-state index in [0.29, 0.717) is 0 Å². The van der Waals surface area contributed by atoms with Gasteiger partial charge in [-0.2, -0.15) is 9.61 Å². The molecule has 0 aliphatic heterocycles. The molecule has 0 bridgehead atoms. The molecule has 0 unspecified atom stereocenters. The molecule has 25 heavy (non-hydrogen) atoms. The van der Waals surface area contributed by atoms with E-state index in [9.17, 15) is 0 Å². The molecule has 0 radical (unpaired) electrons. The second-order valence-corrected chi connectivity index (χ2v) is 7.35. The molecule has 6 nitrogen and oxygen atoms in total. The fourth-order valence-electron chi connectivity index (χ4n) is 2.39. The Morgan fingerprint density at radius 1 is 1.12 bits per heavy atom. The lowest BCUT2D eigenvalue weighted by molar-refractivity contribution is 0.415. The average Bonchev–Trinajstić information content (AvgIpc) is 3.25. The third-order valence-corrected chi connectivity index (χ3v) is 5.41. The van der Waals surface area contributed by atoms with Crippen molar-refractivity contribution in [2.24, 2.45) is 0 Å². The van der Waals surface area contributed by atoms with Gasteiger partial charge in [0.2, 0.25) is 5.16 Å². The molecule has 0 saturated heterocycles. The van der Waals surface area contributed by atoms with Gasteiger partial charge < -0.3 is 4.74 Å². The number of hydrogen-bond donors (Lipinski definition) is 0. The van der Waals surface area contributed by atoms with Crippen LogP contribution in [0.3, 0.4) is 0 Å². The van der Waals surface area contributed by atoms with E-state index in [1.807, 2.05) is 43.3 Å². The molecule has 0 amide bonds. The Labute approximate surface area is 152 Å². The lowest BCUT2D eigenvalue weighted by Crippen LogP contribution is -1.96. The highest BCUT2D eigenvalue weighted by Crippen LogP contribution is 2.24. The Hall–Kier alpha value is -2.45. The van der Waals surface area contributed by atoms with E-state index in [1.54, 1.807) is 34.7 Å². The Bertz CT molecular complexity index is 1010. The topological polar surface area (TPSA) is 65.2 Å². The van der Waals surface area contributed by atoms with Crippen LogP contribution in [0.15, 0.2) is 46.9 Å². The highest BCUT2D eigenvalue weighted by Gasteiger charge is 2.10. The monoisotopic (exact) mass is 369 g/mol. The molecule has 0 fully saturated rings. The van der Waals surface area contributed by atoms with Crippen molar-refractivity contribution in [2.45, 2.75) is 17.8 Å². The number of rotatable bonds is 5. The summed E-state index contributed by atoms with van der Waals surface area (Å²) in [6.45, 7) is 2.01. The minimum absolute atomic E-state index is 0.731. The van der Waals surface area contributed by atoms with Crippen molar-refractivity contribution in [2.75, 3.05) is 7.11 Å². The van der Waals surface area contributed by atoms with Crippen LogP contribution in [0, 0.1) is 6.92 Å². The summed E-state index contributed by atoms with van der Waals surface area (Å²) in [5.41, 5.74) is 3.66. The normalized spacial score (nSPS) is 11.1. The highest BCUT2D eigenvalue weighted by molar-refractivity contribution is 7.98. The number of aromatic nitrogens is 5. The number of aryl methyl sites for hydroxylation is 1. The summed E-state index contributed by atoms with van der Waals surface area (Å²) in [4.78, 5) is 4.48. The van der Waals surface area contributed by atoms with E-state index in [2.05, 4.69) is 20.6 Å². The van der Waals surface area contributed by atoms with Crippen LogP contribution in [0.2, 0.25) is 0 Å². The lowest BCUT2D eigenvalue weighted by atomic mass is 10.1. The van der Waals surface area contributed by atoms with Crippen molar-refractivity contribution in [1.82, 2.24) is 24.8 Å². The zero-order valence-corrected chi connectivity index (χ0v) is 15.3. The van der Waals surface area contributed by atoms with Crippen LogP contribution in [0.1, 0.15) is 10.7 Å². The van der Waals surface area contributed by atoms with Gasteiger partial charge in [0.15, 0.2) is 5.65 Å². The quantitative estimate of drug-likeness (QED) is 0.498. The molecule has 4 rings (SSSR count). The fourth-order valence-corrected chi connectivity index (χ4v) is 3.89. The molecule has 0 aliphatic carbocycles. The van der Waals surface area contributed by atoms with E-state index < -0.39 is 0 Å². The van der Waals surface area contributed by atoms with E-state index in [1.165, 1.54) is 0 Å². The third-order valence-electron chi connectivity index (χ3n) is 3.64. The first-order valence-electron chi connectivity index (χ1n) is 7.63. The summed E-state index contributed by atoms with van der Waals surface area (Å²) < 4.78 is 6.98. The molecule has 1 aromatic carbocycles. The van der Waals surface area contributed by atoms with Gasteiger partial charge in [0.1, 0.15) is 5.75 Å². The van der Waals surface area contributed by atoms with Crippen molar-refractivity contribution in [3.63, 3.8) is 0 Å². The zero-order chi connectivity index (χ0) is 17.2. The smallest absolute Gasteiger partial charge is 0.212 e. The summed E-state index contributed by atoms with van der Waals surface area (Å²) >= 11 is 3.24. The van der Waals surface area contributed by atoms with Gasteiger partial charge in [0.05, 0.1) is 23.5 Å². The number of fused-ring (bicyclic) bond motifs is 1. The molecular formula is C17H15N5OS2. The molecule has 0 N–H and O–H groups in total. The SMILES string of the molecule is COc1ccc(-c2ccc3nnc(SCc4csc(C)n4)n3n2)cc1. The van der Waals surface area contributed by atoms with E-state index in [0.717, 1.165) is 44.3 Å². The van der Waals surface area contributed by atoms with Gasteiger partial charge >= 0.3 is 0 Å². The summed E-state index contributed by atoms with van der Waals surface area (Å²) in [6.07, 6.45) is 0. The second-order valence-electron chi connectivity index (χ2n) is 5.35. The standard InChI is InChI=1S/C17H15N5OS2/c1-11-18-13(9-24-11)10-25-17-20-19-16-8-7-15(21-22(16)17)12-3-5-14(23-2)6-4-12/h3-9H,10H2,1-2H3. The van der Waals surface area contributed by atoms with E-state index >= 15 is 0 Å². The number of thioether (sulfide) groups is 1. The largest absolute Gasteiger partial charge is 0.497 e. The summed E-state index contributed by atoms with van der Waals surface area (Å²) in [7, 11) is 1.66. The first-order chi connectivity index (χ1) is 12.2. The van der Waals surface area contributed by atoms with E-state index in [4.69, 9.17) is 9.84 Å². The van der Waals surface area contributed by atoms with Crippen LogP contribution in [0.4, 0.5) is 0 Å². The fraction of sp³-hybridized carbons (Fsp3) is 0.176. The Morgan fingerprint density at radius 2 is 1.96 bits per heavy atom. The summed E-state index contributed by atoms with van der Waals surface area (Å²) in [5, 5.41) is 17.0. The number of ether oxygens (including phenoxy) is 1. The molecule has 0 spiro atoms. The van der Waals surface area contributed by atoms with Crippen LogP contribution in [-0.4, -0.2) is 31.9 Å². The number of nitrogens with zero attached hydrogens (tertiary/aromatic N) is 5. The molecule has 4 aromatic rings. The highest BCUT2D eigenvalue weighted by atomic mass is 32.2. The van der Waals surface area contributed by atoms with Crippen LogP contribution >= 0.6 is 23.1 Å². The van der Waals surface area contributed by atoms with Crippen molar-refractivity contribution in [3.8, 4) is 17.0 Å². The van der Waals surface area contributed by atoms with Crippen LogP contribution < -0.4 is 4.74 Å². The van der Waals surface area contributed by atoms with Crippen molar-refractivity contribution in [3.05, 3.63) is 52.5 Å². The third kappa shape index (κ3) is 3.35. The van der Waals surface area contributed by atoms with E-state index in [-0.39, 0.29) is 0 Å². The minimum Gasteiger partial charge on any atom is -0.497 e. The molecular weight excluding hydrogens is 354 g/mol. The number of hydrogen-bond acceptors (Lipinski definition) is 7. The minimum atomic E-state index is 0.731. The second kappa shape index (κ2) is 6.81. The van der Waals surface area contributed by atoms with Crippen LogP contribution in [0.25, 0.3) is 16.9 Å². The average molecular weight is 369 g/mol. The van der Waals surface area contributed by atoms with Gasteiger partial charge in [-0.15, -0.1) is 21.5 Å². The molecule has 0 atom stereocenters. The zero-order valence-electron chi connectivity index (χ0n) is 13.7. The molecule has 3 aromatic heterocycles. The van der Waals surface area contributed by atoms with Gasteiger partial charge in [-0.05, 0) is 43.3 Å². The predicted molar refractivity (Wildman–Crippen MR) is 99.2 cm³/mol. The summed E-state index contributed by atoms with van der Waals surface area (Å²) in [5.74, 6) is 1.57. The maximum absolute atomic E-state index is 5.20. The van der Waals surface area contributed by atoms with Gasteiger partial charge in [-0.25, -0.2) is 4.98 Å². The van der Waals surface area contributed by atoms with Gasteiger partial charge in [0.25, 0.3) is 0 Å². The van der Waals surface area contributed by atoms with Gasteiger partial charge in [0, 0.05) is 16.7 Å². The van der Waals surface area contributed by atoms with Crippen molar-refractivity contribution in [1.29, 1.82) is 0 Å². The van der Waals surface area contributed by atoms with Crippen LogP contribution in [-0.2, 0) is 5.75 Å². The molecule has 8 heteroatoms. The van der Waals surface area contributed by atoms with Crippen molar-refractivity contribution >= 4 is 28.7 Å². The summed E-state index contributed by atoms with van der Waals surface area (Å²) in [6, 6.07) is 11.7. The lowest BCUT2D eigenvalue weighted by Gasteiger charge is -2.04. The Balaban J connectivity index is 1.62. The molecule has 126 valence electrons. The maximum Gasteiger partial charge on any atom is 0.212 e. The van der Waals surface area contributed by atoms with Crippen LogP contribution in [0.5, 0.6) is 5.75 Å². The Kier molecular flexibility index (Phi) is 4.37.